The summed E-state index contributed by atoms with van der Waals surface area (Å²) in [4.78, 5) is 27.5. The number of hydrogen-bond acceptors (Lipinski definition) is 4. The predicted octanol–water partition coefficient (Wildman–Crippen LogP) is 7.01. The zero-order valence-electron chi connectivity index (χ0n) is 23.2. The Hall–Kier alpha value is -3.67. The van der Waals surface area contributed by atoms with E-state index in [9.17, 15) is 14.7 Å². The molecule has 0 atom stereocenters. The topological polar surface area (TPSA) is 73.2 Å². The van der Waals surface area contributed by atoms with Gasteiger partial charge in [0.15, 0.2) is 5.71 Å². The number of aryl methyl sites for hydroxylation is 1. The van der Waals surface area contributed by atoms with Crippen LogP contribution in [0, 0.1) is 11.8 Å². The minimum atomic E-state index is -1.21. The molecule has 0 spiro atoms. The first kappa shape index (κ1) is 26.5. The average Bonchev–Trinajstić information content (AvgIpc) is 3.34. The van der Waals surface area contributed by atoms with E-state index in [0.29, 0.717) is 11.7 Å². The lowest BCUT2D eigenvalue weighted by molar-refractivity contribution is -0.129. The minimum absolute atomic E-state index is 0.0839. The molecule has 2 aromatic carbocycles. The third-order valence-electron chi connectivity index (χ3n) is 9.39. The van der Waals surface area contributed by atoms with Crippen molar-refractivity contribution in [3.63, 3.8) is 0 Å². The number of carbonyl (C=O) groups excluding carboxylic acids is 1. The fraction of sp³-hybridized carbons (Fsp3) is 0.441. The average molecular weight is 538 g/mol. The van der Waals surface area contributed by atoms with E-state index < -0.39 is 11.9 Å². The molecule has 1 amide bonds. The van der Waals surface area contributed by atoms with Crippen LogP contribution in [0.5, 0.6) is 0 Å². The first-order chi connectivity index (χ1) is 19.6. The van der Waals surface area contributed by atoms with Gasteiger partial charge in [0.2, 0.25) is 0 Å². The number of fused-ring (bicyclic) bond motifs is 1. The fourth-order valence-corrected chi connectivity index (χ4v) is 7.34. The number of allylic oxidation sites excluding steroid dienone is 2. The summed E-state index contributed by atoms with van der Waals surface area (Å²) in [6.45, 7) is 1.14. The van der Waals surface area contributed by atoms with Gasteiger partial charge in [-0.05, 0) is 91.8 Å². The number of carboxylic acid groups (broad SMARTS) is 1. The first-order valence-corrected chi connectivity index (χ1v) is 15.1. The number of amides is 1. The van der Waals surface area contributed by atoms with Crippen molar-refractivity contribution in [2.75, 3.05) is 16.5 Å². The van der Waals surface area contributed by atoms with Gasteiger partial charge in [-0.1, -0.05) is 68.5 Å². The Morgan fingerprint density at radius 3 is 2.40 bits per heavy atom. The van der Waals surface area contributed by atoms with Gasteiger partial charge in [-0.25, -0.2) is 4.79 Å². The lowest BCUT2D eigenvalue weighted by Gasteiger charge is -2.43. The van der Waals surface area contributed by atoms with E-state index in [-0.39, 0.29) is 11.3 Å². The second-order valence-corrected chi connectivity index (χ2v) is 11.8. The molecule has 2 saturated carbocycles. The highest BCUT2D eigenvalue weighted by atomic mass is 16.4. The maximum absolute atomic E-state index is 13.0. The Bertz CT molecular complexity index is 1330. The summed E-state index contributed by atoms with van der Waals surface area (Å²) in [5, 5.41) is 14.9. The molecule has 0 saturated heterocycles. The highest BCUT2D eigenvalue weighted by molar-refractivity contribution is 6.52. The van der Waals surface area contributed by atoms with Crippen molar-refractivity contribution in [2.45, 2.75) is 76.7 Å². The molecule has 0 unspecified atom stereocenters. The number of benzene rings is 2. The van der Waals surface area contributed by atoms with Gasteiger partial charge in [-0.2, -0.15) is 10.1 Å². The van der Waals surface area contributed by atoms with Gasteiger partial charge in [-0.3, -0.25) is 4.79 Å². The van der Waals surface area contributed by atoms with Gasteiger partial charge in [0, 0.05) is 18.3 Å². The molecule has 6 heteroatoms. The Morgan fingerprint density at radius 2 is 1.65 bits per heavy atom. The summed E-state index contributed by atoms with van der Waals surface area (Å²) in [7, 11) is 0. The Balaban J connectivity index is 1.14. The largest absolute Gasteiger partial charge is 0.476 e. The summed E-state index contributed by atoms with van der Waals surface area (Å²) >= 11 is 0. The van der Waals surface area contributed by atoms with Crippen LogP contribution < -0.4 is 9.91 Å². The number of nitrogens with zero attached hydrogens (tertiary/aromatic N) is 3. The van der Waals surface area contributed by atoms with E-state index in [0.717, 1.165) is 35.4 Å². The monoisotopic (exact) mass is 537 g/mol. The van der Waals surface area contributed by atoms with Gasteiger partial charge in [0.05, 0.1) is 11.3 Å². The van der Waals surface area contributed by atoms with Gasteiger partial charge < -0.3 is 10.0 Å². The Morgan fingerprint density at radius 1 is 0.900 bits per heavy atom. The smallest absolute Gasteiger partial charge is 0.357 e. The molecule has 0 aromatic heterocycles. The van der Waals surface area contributed by atoms with Crippen molar-refractivity contribution in [3.8, 4) is 0 Å². The maximum Gasteiger partial charge on any atom is 0.357 e. The third-order valence-corrected chi connectivity index (χ3v) is 9.39. The number of rotatable bonds is 6. The van der Waals surface area contributed by atoms with Crippen molar-refractivity contribution in [3.05, 3.63) is 77.4 Å². The van der Waals surface area contributed by atoms with Crippen LogP contribution in [-0.2, 0) is 16.0 Å². The van der Waals surface area contributed by atoms with Crippen LogP contribution in [-0.4, -0.2) is 35.3 Å². The highest BCUT2D eigenvalue weighted by Gasteiger charge is 2.35. The molecule has 40 heavy (non-hydrogen) atoms. The Kier molecular flexibility index (Phi) is 7.85. The minimum Gasteiger partial charge on any atom is -0.476 e. The molecule has 1 N–H and O–H groups in total. The van der Waals surface area contributed by atoms with Crippen molar-refractivity contribution in [1.82, 2.24) is 0 Å². The molecular formula is C34H39N3O3. The molecule has 4 aliphatic rings. The van der Waals surface area contributed by atoms with Crippen LogP contribution in [0.2, 0.25) is 0 Å². The predicted molar refractivity (Wildman–Crippen MR) is 161 cm³/mol. The molecular weight excluding hydrogens is 498 g/mol. The zero-order valence-corrected chi connectivity index (χ0v) is 23.2. The van der Waals surface area contributed by atoms with E-state index in [2.05, 4.69) is 28.2 Å². The van der Waals surface area contributed by atoms with Gasteiger partial charge in [0.1, 0.15) is 0 Å². The van der Waals surface area contributed by atoms with Gasteiger partial charge >= 0.3 is 5.97 Å². The molecule has 6 nitrogen and oxygen atoms in total. The van der Waals surface area contributed by atoms with Crippen LogP contribution in [0.1, 0.15) is 75.3 Å². The van der Waals surface area contributed by atoms with Crippen LogP contribution in [0.4, 0.5) is 11.4 Å². The van der Waals surface area contributed by atoms with Crippen molar-refractivity contribution < 1.29 is 14.7 Å². The molecule has 2 aliphatic carbocycles. The number of hydrazone groups is 1. The van der Waals surface area contributed by atoms with Crippen LogP contribution in [0.3, 0.4) is 0 Å². The molecule has 0 bridgehead atoms. The SMILES string of the molecule is O=C(O)C1=NN(c2ccccc2)C(=O)/C1=C\C=C\c1ccc2c(c1)CCCN2C1CCC(C2CCCCC2)CC1. The number of aliphatic carboxylic acids is 1. The number of carboxylic acids is 1. The molecule has 2 aromatic rings. The normalized spacial score (nSPS) is 24.9. The molecule has 0 radical (unpaired) electrons. The molecule has 6 rings (SSSR count). The highest BCUT2D eigenvalue weighted by Crippen LogP contribution is 2.41. The van der Waals surface area contributed by atoms with E-state index >= 15 is 0 Å². The second kappa shape index (κ2) is 11.8. The summed E-state index contributed by atoms with van der Waals surface area (Å²) in [5.74, 6) is 0.271. The third kappa shape index (κ3) is 5.49. The summed E-state index contributed by atoms with van der Waals surface area (Å²) < 4.78 is 0. The number of hydrogen-bond donors (Lipinski definition) is 1. The van der Waals surface area contributed by atoms with Crippen molar-refractivity contribution in [1.29, 1.82) is 0 Å². The molecule has 2 heterocycles. The van der Waals surface area contributed by atoms with E-state index in [1.807, 2.05) is 12.1 Å². The summed E-state index contributed by atoms with van der Waals surface area (Å²) in [6, 6.07) is 16.2. The van der Waals surface area contributed by atoms with E-state index in [1.54, 1.807) is 36.4 Å². The summed E-state index contributed by atoms with van der Waals surface area (Å²) in [6.07, 6.45) is 20.2. The van der Waals surface area contributed by atoms with Gasteiger partial charge in [0.25, 0.3) is 5.91 Å². The second-order valence-electron chi connectivity index (χ2n) is 11.8. The Labute approximate surface area is 237 Å². The quantitative estimate of drug-likeness (QED) is 0.403. The lowest BCUT2D eigenvalue weighted by Crippen LogP contribution is -2.42. The summed E-state index contributed by atoms with van der Waals surface area (Å²) in [5.41, 5.74) is 4.21. The number of carbonyl (C=O) groups is 2. The van der Waals surface area contributed by atoms with E-state index in [4.69, 9.17) is 0 Å². The molecule has 2 aliphatic heterocycles. The molecule has 208 valence electrons. The fourth-order valence-electron chi connectivity index (χ4n) is 7.34. The van der Waals surface area contributed by atoms with Crippen molar-refractivity contribution in [2.24, 2.45) is 16.9 Å². The van der Waals surface area contributed by atoms with E-state index in [1.165, 1.54) is 75.5 Å². The van der Waals surface area contributed by atoms with Crippen LogP contribution in [0.15, 0.2) is 71.4 Å². The number of para-hydroxylation sites is 1. The first-order valence-electron chi connectivity index (χ1n) is 15.1. The van der Waals surface area contributed by atoms with Crippen molar-refractivity contribution >= 4 is 35.0 Å². The van der Waals surface area contributed by atoms with Crippen LogP contribution in [0.25, 0.3) is 6.08 Å². The number of anilines is 2. The molecule has 2 fully saturated rings. The van der Waals surface area contributed by atoms with Gasteiger partial charge in [-0.15, -0.1) is 0 Å². The lowest BCUT2D eigenvalue weighted by atomic mass is 9.72. The maximum atomic E-state index is 13.0. The van der Waals surface area contributed by atoms with Crippen LogP contribution >= 0.6 is 0 Å². The standard InChI is InChI=1S/C34H39N3O3/c38-33-30(32(34(39)40)35-37(33)29-13-5-2-6-14-29)15-7-9-24-16-21-31-27(23-24)12-8-22-36(31)28-19-17-26(18-20-28)25-10-3-1-4-11-25/h2,5-7,9,13-16,21,23,25-26,28H,1,3-4,8,10-12,17-20,22H2,(H,39,40)/b9-7+,30-15-. The zero-order chi connectivity index (χ0) is 27.5.